The van der Waals surface area contributed by atoms with Crippen LogP contribution in [0.3, 0.4) is 0 Å². The number of fused-ring (bicyclic) bond motifs is 1. The molecule has 1 aromatic rings. The Bertz CT molecular complexity index is 558. The first-order chi connectivity index (χ1) is 10.2. The van der Waals surface area contributed by atoms with Gasteiger partial charge in [0, 0.05) is 6.61 Å². The molecule has 1 aliphatic heterocycles. The third-order valence-electron chi connectivity index (χ3n) is 3.45. The topological polar surface area (TPSA) is 72.9 Å². The summed E-state index contributed by atoms with van der Waals surface area (Å²) in [5.41, 5.74) is 0.501. The Kier molecular flexibility index (Phi) is 3.70. The van der Waals surface area contributed by atoms with Crippen molar-refractivity contribution >= 4 is 17.8 Å². The van der Waals surface area contributed by atoms with Crippen LogP contribution >= 0.6 is 0 Å². The highest BCUT2D eigenvalue weighted by molar-refractivity contribution is 6.20. The number of hydroxylamine groups is 2. The highest BCUT2D eigenvalue weighted by atomic mass is 16.7. The molecule has 0 bridgehead atoms. The van der Waals surface area contributed by atoms with E-state index in [0.717, 1.165) is 0 Å². The van der Waals surface area contributed by atoms with Gasteiger partial charge in [-0.15, -0.1) is 0 Å². The average Bonchev–Trinajstić information content (AvgIpc) is 3.28. The minimum Gasteiger partial charge on any atom is -0.381 e. The summed E-state index contributed by atoms with van der Waals surface area (Å²) < 4.78 is 5.32. The molecule has 0 unspecified atom stereocenters. The molecule has 1 aromatic carbocycles. The van der Waals surface area contributed by atoms with Crippen LogP contribution in [0.15, 0.2) is 24.3 Å². The predicted octanol–water partition coefficient (Wildman–Crippen LogP) is 1.56. The summed E-state index contributed by atoms with van der Waals surface area (Å²) in [5, 5.41) is 0.522. The number of rotatable bonds is 6. The van der Waals surface area contributed by atoms with Crippen LogP contribution in [0.5, 0.6) is 0 Å². The Morgan fingerprint density at radius 3 is 2.33 bits per heavy atom. The monoisotopic (exact) mass is 289 g/mol. The minimum absolute atomic E-state index is 0.0140. The van der Waals surface area contributed by atoms with Crippen LogP contribution < -0.4 is 0 Å². The number of nitrogens with zero attached hydrogens (tertiary/aromatic N) is 1. The van der Waals surface area contributed by atoms with Crippen LogP contribution in [-0.4, -0.2) is 36.1 Å². The number of hydrogen-bond acceptors (Lipinski definition) is 5. The van der Waals surface area contributed by atoms with Crippen molar-refractivity contribution in [3.05, 3.63) is 35.4 Å². The Balaban J connectivity index is 1.52. The Labute approximate surface area is 121 Å². The molecule has 1 heterocycles. The number of imide groups is 1. The summed E-state index contributed by atoms with van der Waals surface area (Å²) in [6.07, 6.45) is 2.37. The summed E-state index contributed by atoms with van der Waals surface area (Å²) in [5.74, 6) is -1.25. The summed E-state index contributed by atoms with van der Waals surface area (Å²) in [6, 6.07) is 6.37. The van der Waals surface area contributed by atoms with Crippen molar-refractivity contribution < 1.29 is 24.0 Å². The Hall–Kier alpha value is -2.21. The number of hydrogen-bond donors (Lipinski definition) is 0. The number of benzene rings is 1. The molecule has 0 spiro atoms. The van der Waals surface area contributed by atoms with E-state index in [1.54, 1.807) is 12.1 Å². The smallest absolute Gasteiger partial charge is 0.335 e. The van der Waals surface area contributed by atoms with Crippen molar-refractivity contribution in [1.82, 2.24) is 5.06 Å². The normalized spacial score (nSPS) is 17.0. The zero-order valence-corrected chi connectivity index (χ0v) is 11.4. The highest BCUT2D eigenvalue weighted by Gasteiger charge is 2.38. The van der Waals surface area contributed by atoms with E-state index in [4.69, 9.17) is 9.57 Å². The lowest BCUT2D eigenvalue weighted by Gasteiger charge is -2.12. The molecule has 0 N–H and O–H groups in total. The zero-order chi connectivity index (χ0) is 14.8. The van der Waals surface area contributed by atoms with E-state index in [1.165, 1.54) is 25.0 Å². The summed E-state index contributed by atoms with van der Waals surface area (Å²) in [7, 11) is 0. The molecule has 6 nitrogen and oxygen atoms in total. The molecular weight excluding hydrogens is 274 g/mol. The maximum atomic E-state index is 12.0. The maximum Gasteiger partial charge on any atom is 0.335 e. The first-order valence-electron chi connectivity index (χ1n) is 6.93. The molecule has 0 aromatic heterocycles. The van der Waals surface area contributed by atoms with Crippen LogP contribution in [0, 0.1) is 5.92 Å². The third kappa shape index (κ3) is 2.95. The van der Waals surface area contributed by atoms with E-state index >= 15 is 0 Å². The SMILES string of the molecule is O=C(CCOCC1CC1)ON1C(=O)c2ccccc2C1=O. The van der Waals surface area contributed by atoms with E-state index in [0.29, 0.717) is 17.6 Å². The molecule has 1 fully saturated rings. The molecule has 3 rings (SSSR count). The fourth-order valence-electron chi connectivity index (χ4n) is 2.09. The van der Waals surface area contributed by atoms with E-state index in [1.807, 2.05) is 0 Å². The Morgan fingerprint density at radius 1 is 1.14 bits per heavy atom. The largest absolute Gasteiger partial charge is 0.381 e. The zero-order valence-electron chi connectivity index (χ0n) is 11.4. The van der Waals surface area contributed by atoms with Crippen LogP contribution in [-0.2, 0) is 14.4 Å². The van der Waals surface area contributed by atoms with Crippen molar-refractivity contribution in [3.63, 3.8) is 0 Å². The molecular formula is C15H15NO5. The number of amides is 2. The molecule has 0 atom stereocenters. The van der Waals surface area contributed by atoms with Crippen molar-refractivity contribution in [2.45, 2.75) is 19.3 Å². The molecule has 2 aliphatic rings. The third-order valence-corrected chi connectivity index (χ3v) is 3.45. The van der Waals surface area contributed by atoms with Gasteiger partial charge in [-0.2, -0.15) is 0 Å². The number of carbonyl (C=O) groups is 3. The van der Waals surface area contributed by atoms with E-state index in [2.05, 4.69) is 0 Å². The first kappa shape index (κ1) is 13.8. The average molecular weight is 289 g/mol. The van der Waals surface area contributed by atoms with Crippen LogP contribution in [0.2, 0.25) is 0 Å². The lowest BCUT2D eigenvalue weighted by Crippen LogP contribution is -2.33. The molecule has 1 saturated carbocycles. The quantitative estimate of drug-likeness (QED) is 0.587. The van der Waals surface area contributed by atoms with Gasteiger partial charge in [0.05, 0.1) is 24.2 Å². The van der Waals surface area contributed by atoms with E-state index in [-0.39, 0.29) is 24.2 Å². The van der Waals surface area contributed by atoms with Crippen LogP contribution in [0.25, 0.3) is 0 Å². The van der Waals surface area contributed by atoms with Gasteiger partial charge in [-0.3, -0.25) is 9.59 Å². The van der Waals surface area contributed by atoms with Gasteiger partial charge in [-0.05, 0) is 30.9 Å². The van der Waals surface area contributed by atoms with Gasteiger partial charge in [0.15, 0.2) is 0 Å². The standard InChI is InChI=1S/C15H15NO5/c17-13(7-8-20-9-10-5-6-10)21-16-14(18)11-3-1-2-4-12(11)15(16)19/h1-4,10H,5-9H2. The minimum atomic E-state index is -0.652. The second kappa shape index (κ2) is 5.65. The molecule has 0 saturated heterocycles. The van der Waals surface area contributed by atoms with Gasteiger partial charge < -0.3 is 9.57 Å². The molecule has 2 amide bonds. The Morgan fingerprint density at radius 2 is 1.76 bits per heavy atom. The van der Waals surface area contributed by atoms with Crippen molar-refractivity contribution in [2.75, 3.05) is 13.2 Å². The fraction of sp³-hybridized carbons (Fsp3) is 0.400. The van der Waals surface area contributed by atoms with Crippen molar-refractivity contribution in [2.24, 2.45) is 5.92 Å². The predicted molar refractivity (Wildman–Crippen MR) is 71.2 cm³/mol. The van der Waals surface area contributed by atoms with Crippen LogP contribution in [0.1, 0.15) is 40.0 Å². The molecule has 21 heavy (non-hydrogen) atoms. The molecule has 1 aliphatic carbocycles. The van der Waals surface area contributed by atoms with E-state index < -0.39 is 17.8 Å². The van der Waals surface area contributed by atoms with E-state index in [9.17, 15) is 14.4 Å². The maximum absolute atomic E-state index is 12.0. The van der Waals surface area contributed by atoms with Gasteiger partial charge >= 0.3 is 5.97 Å². The summed E-state index contributed by atoms with van der Waals surface area (Å²) in [4.78, 5) is 40.4. The number of ether oxygens (including phenoxy) is 1. The first-order valence-corrected chi connectivity index (χ1v) is 6.93. The molecule has 0 radical (unpaired) electrons. The second-order valence-corrected chi connectivity index (χ2v) is 5.18. The van der Waals surface area contributed by atoms with Gasteiger partial charge in [0.25, 0.3) is 11.8 Å². The lowest BCUT2D eigenvalue weighted by molar-refractivity contribution is -0.169. The van der Waals surface area contributed by atoms with Gasteiger partial charge in [0.2, 0.25) is 0 Å². The van der Waals surface area contributed by atoms with Crippen LogP contribution in [0.4, 0.5) is 0 Å². The number of carbonyl (C=O) groups excluding carboxylic acids is 3. The van der Waals surface area contributed by atoms with Gasteiger partial charge in [-0.25, -0.2) is 4.79 Å². The highest BCUT2D eigenvalue weighted by Crippen LogP contribution is 2.28. The van der Waals surface area contributed by atoms with Crippen molar-refractivity contribution in [1.29, 1.82) is 0 Å². The van der Waals surface area contributed by atoms with Gasteiger partial charge in [-0.1, -0.05) is 17.2 Å². The second-order valence-electron chi connectivity index (χ2n) is 5.18. The molecule has 6 heteroatoms. The summed E-state index contributed by atoms with van der Waals surface area (Å²) >= 11 is 0. The fourth-order valence-corrected chi connectivity index (χ4v) is 2.09. The van der Waals surface area contributed by atoms with Gasteiger partial charge in [0.1, 0.15) is 0 Å². The van der Waals surface area contributed by atoms with Crippen molar-refractivity contribution in [3.8, 4) is 0 Å². The lowest BCUT2D eigenvalue weighted by atomic mass is 10.1. The molecule has 110 valence electrons. The summed E-state index contributed by atoms with van der Waals surface area (Å²) in [6.45, 7) is 0.888.